The van der Waals surface area contributed by atoms with Crippen LogP contribution in [0.15, 0.2) is 18.2 Å². The van der Waals surface area contributed by atoms with Gasteiger partial charge in [0, 0.05) is 6.04 Å². The summed E-state index contributed by atoms with van der Waals surface area (Å²) in [4.78, 5) is 0. The highest BCUT2D eigenvalue weighted by Crippen LogP contribution is 2.28. The van der Waals surface area contributed by atoms with Crippen LogP contribution in [0.5, 0.6) is 0 Å². The normalized spacial score (nSPS) is 17.8. The highest BCUT2D eigenvalue weighted by Gasteiger charge is 2.14. The average molecular weight is 259 g/mol. The van der Waals surface area contributed by atoms with Crippen molar-refractivity contribution in [2.24, 2.45) is 5.92 Å². The lowest BCUT2D eigenvalue weighted by Gasteiger charge is -2.17. The Morgan fingerprint density at radius 3 is 2.63 bits per heavy atom. The van der Waals surface area contributed by atoms with E-state index in [1.165, 1.54) is 55.2 Å². The van der Waals surface area contributed by atoms with Crippen LogP contribution in [0, 0.1) is 19.8 Å². The molecule has 1 nitrogen and oxygen atoms in total. The minimum Gasteiger partial charge on any atom is -0.310 e. The first-order valence-electron chi connectivity index (χ1n) is 7.97. The minimum absolute atomic E-state index is 0.476. The van der Waals surface area contributed by atoms with Crippen molar-refractivity contribution < 1.29 is 0 Å². The van der Waals surface area contributed by atoms with Crippen LogP contribution >= 0.6 is 0 Å². The summed E-state index contributed by atoms with van der Waals surface area (Å²) in [7, 11) is 0. The Balaban J connectivity index is 1.72. The van der Waals surface area contributed by atoms with Crippen LogP contribution in [-0.4, -0.2) is 6.54 Å². The van der Waals surface area contributed by atoms with E-state index in [0.29, 0.717) is 6.04 Å². The molecule has 2 rings (SSSR count). The van der Waals surface area contributed by atoms with Gasteiger partial charge in [0.1, 0.15) is 0 Å². The molecule has 1 atom stereocenters. The quantitative estimate of drug-likeness (QED) is 0.715. The van der Waals surface area contributed by atoms with Gasteiger partial charge in [-0.25, -0.2) is 0 Å². The van der Waals surface area contributed by atoms with Crippen molar-refractivity contribution in [1.29, 1.82) is 0 Å². The van der Waals surface area contributed by atoms with Gasteiger partial charge in [0.2, 0.25) is 0 Å². The van der Waals surface area contributed by atoms with Gasteiger partial charge in [0.25, 0.3) is 0 Å². The van der Waals surface area contributed by atoms with E-state index >= 15 is 0 Å². The summed E-state index contributed by atoms with van der Waals surface area (Å²) >= 11 is 0. The molecule has 106 valence electrons. The Bertz CT molecular complexity index is 391. The van der Waals surface area contributed by atoms with Crippen LogP contribution in [0.1, 0.15) is 68.2 Å². The lowest BCUT2D eigenvalue weighted by Crippen LogP contribution is -2.21. The summed E-state index contributed by atoms with van der Waals surface area (Å²) in [6, 6.07) is 7.26. The third kappa shape index (κ3) is 4.35. The molecular weight excluding hydrogens is 230 g/mol. The summed E-state index contributed by atoms with van der Waals surface area (Å²) in [6.07, 6.45) is 8.65. The molecule has 0 saturated heterocycles. The maximum absolute atomic E-state index is 3.68. The molecule has 1 aliphatic rings. The third-order valence-electron chi connectivity index (χ3n) is 4.61. The molecule has 0 spiro atoms. The molecule has 1 saturated carbocycles. The molecule has 0 amide bonds. The number of aryl methyl sites for hydroxylation is 2. The first-order chi connectivity index (χ1) is 9.16. The van der Waals surface area contributed by atoms with Gasteiger partial charge < -0.3 is 5.32 Å². The monoisotopic (exact) mass is 259 g/mol. The summed E-state index contributed by atoms with van der Waals surface area (Å²) in [5.41, 5.74) is 4.22. The second kappa shape index (κ2) is 7.09. The van der Waals surface area contributed by atoms with Crippen LogP contribution in [0.2, 0.25) is 0 Å². The number of benzene rings is 1. The van der Waals surface area contributed by atoms with Crippen LogP contribution in [-0.2, 0) is 0 Å². The fraction of sp³-hybridized carbons (Fsp3) is 0.667. The van der Waals surface area contributed by atoms with Crippen molar-refractivity contribution in [1.82, 2.24) is 5.32 Å². The second-order valence-electron chi connectivity index (χ2n) is 6.33. The number of nitrogens with one attached hydrogen (secondary N) is 1. The lowest BCUT2D eigenvalue weighted by atomic mass is 9.99. The molecule has 1 heteroatoms. The van der Waals surface area contributed by atoms with Gasteiger partial charge in [-0.15, -0.1) is 0 Å². The average Bonchev–Trinajstić information content (AvgIpc) is 2.87. The van der Waals surface area contributed by atoms with E-state index < -0.39 is 0 Å². The number of hydrogen-bond acceptors (Lipinski definition) is 1. The van der Waals surface area contributed by atoms with Crippen molar-refractivity contribution in [3.8, 4) is 0 Å². The molecule has 1 aromatic carbocycles. The Morgan fingerprint density at radius 2 is 1.95 bits per heavy atom. The topological polar surface area (TPSA) is 12.0 Å². The molecule has 0 aliphatic heterocycles. The maximum Gasteiger partial charge on any atom is 0.0294 e. The zero-order valence-electron chi connectivity index (χ0n) is 12.8. The van der Waals surface area contributed by atoms with Gasteiger partial charge in [0.05, 0.1) is 0 Å². The Morgan fingerprint density at radius 1 is 1.21 bits per heavy atom. The highest BCUT2D eigenvalue weighted by molar-refractivity contribution is 5.32. The fourth-order valence-electron chi connectivity index (χ4n) is 3.43. The first-order valence-corrected chi connectivity index (χ1v) is 7.97. The smallest absolute Gasteiger partial charge is 0.0294 e. The van der Waals surface area contributed by atoms with E-state index in [-0.39, 0.29) is 0 Å². The van der Waals surface area contributed by atoms with Crippen molar-refractivity contribution >= 4 is 0 Å². The van der Waals surface area contributed by atoms with Crippen molar-refractivity contribution in [3.63, 3.8) is 0 Å². The SMILES string of the molecule is Cc1ccc(C(C)NCCCC2CCCC2)c(C)c1. The van der Waals surface area contributed by atoms with Crippen LogP contribution < -0.4 is 5.32 Å². The largest absolute Gasteiger partial charge is 0.310 e. The van der Waals surface area contributed by atoms with E-state index in [1.54, 1.807) is 0 Å². The molecular formula is C18H29N. The van der Waals surface area contributed by atoms with Crippen LogP contribution in [0.25, 0.3) is 0 Å². The summed E-state index contributed by atoms with van der Waals surface area (Å²) in [5, 5.41) is 3.68. The maximum atomic E-state index is 3.68. The van der Waals surface area contributed by atoms with Crippen molar-refractivity contribution in [2.75, 3.05) is 6.54 Å². The van der Waals surface area contributed by atoms with Gasteiger partial charge in [-0.2, -0.15) is 0 Å². The fourth-order valence-corrected chi connectivity index (χ4v) is 3.43. The number of hydrogen-bond donors (Lipinski definition) is 1. The van der Waals surface area contributed by atoms with Gasteiger partial charge in [0.15, 0.2) is 0 Å². The summed E-state index contributed by atoms with van der Waals surface area (Å²) < 4.78 is 0. The Labute approximate surface area is 118 Å². The van der Waals surface area contributed by atoms with E-state index in [0.717, 1.165) is 12.5 Å². The Kier molecular flexibility index (Phi) is 5.45. The molecule has 1 unspecified atom stereocenters. The molecule has 0 radical (unpaired) electrons. The molecule has 19 heavy (non-hydrogen) atoms. The van der Waals surface area contributed by atoms with Gasteiger partial charge >= 0.3 is 0 Å². The first kappa shape index (κ1) is 14.6. The zero-order valence-corrected chi connectivity index (χ0v) is 12.8. The predicted molar refractivity (Wildman–Crippen MR) is 83.5 cm³/mol. The lowest BCUT2D eigenvalue weighted by molar-refractivity contribution is 0.456. The second-order valence-corrected chi connectivity index (χ2v) is 6.33. The van der Waals surface area contributed by atoms with E-state index in [1.807, 2.05) is 0 Å². The van der Waals surface area contributed by atoms with E-state index in [2.05, 4.69) is 44.3 Å². The van der Waals surface area contributed by atoms with Gasteiger partial charge in [-0.3, -0.25) is 0 Å². The van der Waals surface area contributed by atoms with Gasteiger partial charge in [-0.05, 0) is 57.2 Å². The van der Waals surface area contributed by atoms with E-state index in [9.17, 15) is 0 Å². The van der Waals surface area contributed by atoms with Crippen molar-refractivity contribution in [2.45, 2.75) is 65.3 Å². The zero-order chi connectivity index (χ0) is 13.7. The molecule has 1 aliphatic carbocycles. The standard InChI is InChI=1S/C18H29N/c1-14-10-11-18(15(2)13-14)16(3)19-12-6-9-17-7-4-5-8-17/h10-11,13,16-17,19H,4-9,12H2,1-3H3. The van der Waals surface area contributed by atoms with Crippen LogP contribution in [0.3, 0.4) is 0 Å². The molecule has 1 N–H and O–H groups in total. The molecule has 0 aromatic heterocycles. The molecule has 0 bridgehead atoms. The highest BCUT2D eigenvalue weighted by atomic mass is 14.9. The Hall–Kier alpha value is -0.820. The number of rotatable bonds is 6. The molecule has 0 heterocycles. The van der Waals surface area contributed by atoms with Crippen molar-refractivity contribution in [3.05, 3.63) is 34.9 Å². The summed E-state index contributed by atoms with van der Waals surface area (Å²) in [6.45, 7) is 7.83. The minimum atomic E-state index is 0.476. The third-order valence-corrected chi connectivity index (χ3v) is 4.61. The molecule has 1 fully saturated rings. The summed E-state index contributed by atoms with van der Waals surface area (Å²) in [5.74, 6) is 1.03. The van der Waals surface area contributed by atoms with E-state index in [4.69, 9.17) is 0 Å². The van der Waals surface area contributed by atoms with Gasteiger partial charge in [-0.1, -0.05) is 49.4 Å². The molecule has 1 aromatic rings. The predicted octanol–water partition coefficient (Wildman–Crippen LogP) is 4.92. The van der Waals surface area contributed by atoms with Crippen LogP contribution in [0.4, 0.5) is 0 Å².